The highest BCUT2D eigenvalue weighted by atomic mass is 15.2. The minimum atomic E-state index is 0.0337. The highest BCUT2D eigenvalue weighted by Crippen LogP contribution is 2.78. The van der Waals surface area contributed by atoms with E-state index >= 15 is 0 Å². The molecule has 0 radical (unpaired) electrons. The Morgan fingerprint density at radius 1 is 0.571 bits per heavy atom. The third-order valence-corrected chi connectivity index (χ3v) is 15.8. The van der Waals surface area contributed by atoms with Gasteiger partial charge in [0.1, 0.15) is 0 Å². The number of aryl methyl sites for hydroxylation is 4. The molecular formula is C53H59BN2. The molecule has 5 atom stereocenters. The number of benzene rings is 5. The zero-order valence-corrected chi connectivity index (χ0v) is 35.5. The summed E-state index contributed by atoms with van der Waals surface area (Å²) in [6, 6.07) is 34.7. The predicted molar refractivity (Wildman–Crippen MR) is 239 cm³/mol. The molecule has 5 saturated carbocycles. The molecule has 56 heavy (non-hydrogen) atoms. The largest absolute Gasteiger partial charge is 0.311 e. The van der Waals surface area contributed by atoms with Crippen LogP contribution >= 0.6 is 0 Å². The Bertz CT molecular complexity index is 2470. The summed E-state index contributed by atoms with van der Waals surface area (Å²) in [6.45, 7) is 23.4. The van der Waals surface area contributed by atoms with Crippen molar-refractivity contribution in [1.82, 2.24) is 0 Å². The molecule has 0 amide bonds. The van der Waals surface area contributed by atoms with Gasteiger partial charge in [-0.3, -0.25) is 0 Å². The van der Waals surface area contributed by atoms with Crippen LogP contribution in [0.5, 0.6) is 0 Å². The maximum absolute atomic E-state index is 2.74. The van der Waals surface area contributed by atoms with E-state index < -0.39 is 0 Å². The lowest BCUT2D eigenvalue weighted by Crippen LogP contribution is -2.62. The van der Waals surface area contributed by atoms with E-state index in [1.165, 1.54) is 122 Å². The number of hydrogen-bond acceptors (Lipinski definition) is 2. The van der Waals surface area contributed by atoms with Crippen LogP contribution in [-0.4, -0.2) is 6.71 Å². The normalized spacial score (nSPS) is 26.5. The number of anilines is 6. The quantitative estimate of drug-likeness (QED) is 0.167. The summed E-state index contributed by atoms with van der Waals surface area (Å²) in [5.41, 5.74) is 23.1. The van der Waals surface area contributed by atoms with Gasteiger partial charge in [0.15, 0.2) is 0 Å². The lowest BCUT2D eigenvalue weighted by Gasteiger charge is -2.64. The van der Waals surface area contributed by atoms with Crippen LogP contribution in [0, 0.1) is 50.9 Å². The van der Waals surface area contributed by atoms with Crippen molar-refractivity contribution in [2.45, 2.75) is 124 Å². The molecule has 7 aliphatic rings. The van der Waals surface area contributed by atoms with Gasteiger partial charge in [-0.2, -0.15) is 0 Å². The second-order valence-electron chi connectivity index (χ2n) is 21.8. The fourth-order valence-corrected chi connectivity index (χ4v) is 13.8. The van der Waals surface area contributed by atoms with Crippen LogP contribution in [0.1, 0.15) is 119 Å². The molecular weight excluding hydrogens is 675 g/mol. The van der Waals surface area contributed by atoms with E-state index in [4.69, 9.17) is 0 Å². The maximum atomic E-state index is 2.74. The molecule has 2 nitrogen and oxygen atoms in total. The van der Waals surface area contributed by atoms with Gasteiger partial charge in [0.25, 0.3) is 6.71 Å². The van der Waals surface area contributed by atoms with E-state index in [9.17, 15) is 0 Å². The summed E-state index contributed by atoms with van der Waals surface area (Å²) in [5, 5.41) is 0. The predicted octanol–water partition coefficient (Wildman–Crippen LogP) is 12.1. The van der Waals surface area contributed by atoms with E-state index in [2.05, 4.69) is 164 Å². The fraction of sp³-hybridized carbons (Fsp3) is 0.434. The van der Waals surface area contributed by atoms with Crippen molar-refractivity contribution in [3.05, 3.63) is 124 Å². The Labute approximate surface area is 336 Å². The van der Waals surface area contributed by atoms with Gasteiger partial charge in [-0.15, -0.1) is 0 Å². The second kappa shape index (κ2) is 11.2. The van der Waals surface area contributed by atoms with Crippen molar-refractivity contribution >= 4 is 57.2 Å². The highest BCUT2D eigenvalue weighted by molar-refractivity contribution is 7.00. The topological polar surface area (TPSA) is 6.48 Å². The van der Waals surface area contributed by atoms with Gasteiger partial charge in [-0.25, -0.2) is 0 Å². The number of hydrogen-bond donors (Lipinski definition) is 0. The zero-order chi connectivity index (χ0) is 38.8. The molecule has 3 heteroatoms. The second-order valence-corrected chi connectivity index (χ2v) is 21.8. The molecule has 0 N–H and O–H groups in total. The average Bonchev–Trinajstić information content (AvgIpc) is 3.26. The Balaban J connectivity index is 1.25. The Morgan fingerprint density at radius 2 is 1.20 bits per heavy atom. The summed E-state index contributed by atoms with van der Waals surface area (Å²) in [4.78, 5) is 5.38. The molecule has 0 aromatic heterocycles. The average molecular weight is 735 g/mol. The molecule has 2 aliphatic heterocycles. The fourth-order valence-electron chi connectivity index (χ4n) is 13.8. The van der Waals surface area contributed by atoms with Crippen molar-refractivity contribution in [3.63, 3.8) is 0 Å². The van der Waals surface area contributed by atoms with E-state index in [1.54, 1.807) is 5.56 Å². The van der Waals surface area contributed by atoms with Gasteiger partial charge in [0, 0.05) is 34.1 Å². The van der Waals surface area contributed by atoms with Gasteiger partial charge in [0.05, 0.1) is 0 Å². The summed E-state index contributed by atoms with van der Waals surface area (Å²) < 4.78 is 0. The van der Waals surface area contributed by atoms with Gasteiger partial charge < -0.3 is 9.80 Å². The smallest absolute Gasteiger partial charge is 0.252 e. The molecule has 4 bridgehead atoms. The van der Waals surface area contributed by atoms with Crippen molar-refractivity contribution in [3.8, 4) is 0 Å². The van der Waals surface area contributed by atoms with Crippen LogP contribution in [0.25, 0.3) is 0 Å². The summed E-state index contributed by atoms with van der Waals surface area (Å²) in [6.07, 6.45) is 8.61. The van der Waals surface area contributed by atoms with E-state index in [0.29, 0.717) is 5.41 Å². The third-order valence-electron chi connectivity index (χ3n) is 15.8. The number of nitrogens with zero attached hydrogens (tertiary/aromatic N) is 2. The van der Waals surface area contributed by atoms with Gasteiger partial charge in [-0.1, -0.05) is 83.5 Å². The molecule has 5 unspecified atom stereocenters. The first-order valence-corrected chi connectivity index (χ1v) is 21.8. The lowest BCUT2D eigenvalue weighted by atomic mass is 9.32. The van der Waals surface area contributed by atoms with Crippen LogP contribution < -0.4 is 26.2 Å². The van der Waals surface area contributed by atoms with Crippen molar-refractivity contribution in [2.24, 2.45) is 23.2 Å². The SMILES string of the molecule is Cc1cc(C)cc(N2c3ccc(C(C)(C)C)cc3B3c4c(C)cc(C)cc4N(c4ccc(C(C)(C)C)cc4)c4cc(C56CC7CC8C(C5)CC8(C7)C6)cc2c43)c1. The summed E-state index contributed by atoms with van der Waals surface area (Å²) in [5.74, 6) is 2.80. The van der Waals surface area contributed by atoms with E-state index in [1.807, 2.05) is 0 Å². The Morgan fingerprint density at radius 3 is 1.88 bits per heavy atom. The molecule has 5 aromatic carbocycles. The molecule has 12 rings (SSSR count). The Hall–Kier alpha value is -4.24. The number of fused-ring (bicyclic) bond motifs is 5. The minimum Gasteiger partial charge on any atom is -0.311 e. The van der Waals surface area contributed by atoms with Gasteiger partial charge >= 0.3 is 0 Å². The summed E-state index contributed by atoms with van der Waals surface area (Å²) in [7, 11) is 0. The molecule has 5 aliphatic carbocycles. The number of rotatable bonds is 3. The van der Waals surface area contributed by atoms with E-state index in [0.717, 1.165) is 17.8 Å². The highest BCUT2D eigenvalue weighted by Gasteiger charge is 2.70. The van der Waals surface area contributed by atoms with E-state index in [-0.39, 0.29) is 23.0 Å². The van der Waals surface area contributed by atoms with Crippen LogP contribution in [-0.2, 0) is 16.2 Å². The molecule has 0 saturated heterocycles. The standard InChI is InChI=1S/C53H59BN2/c1-31-17-32(2)20-41(19-31)56-44-16-13-38(51(8,9)10)23-43(44)54-48-34(4)18-33(3)21-45(48)55(40-14-11-37(12-15-40)50(5,6)7)46-24-39(25-47(56)49(46)54)52-26-35-22-42-36(28-52)29-53(42,27-35)30-52/h11-21,23-25,35-36,42H,22,26-30H2,1-10H3. The first kappa shape index (κ1) is 35.0. The summed E-state index contributed by atoms with van der Waals surface area (Å²) >= 11 is 0. The first-order valence-electron chi connectivity index (χ1n) is 21.8. The van der Waals surface area contributed by atoms with Crippen molar-refractivity contribution in [2.75, 3.05) is 9.80 Å². The minimum absolute atomic E-state index is 0.0337. The van der Waals surface area contributed by atoms with Gasteiger partial charge in [0.2, 0.25) is 0 Å². The molecule has 2 heterocycles. The van der Waals surface area contributed by atoms with Crippen LogP contribution in [0.2, 0.25) is 0 Å². The molecule has 5 fully saturated rings. The van der Waals surface area contributed by atoms with Crippen LogP contribution in [0.15, 0.2) is 84.9 Å². The van der Waals surface area contributed by atoms with Crippen molar-refractivity contribution in [1.29, 1.82) is 0 Å². The van der Waals surface area contributed by atoms with Crippen molar-refractivity contribution < 1.29 is 0 Å². The zero-order valence-electron chi connectivity index (χ0n) is 35.5. The first-order chi connectivity index (χ1) is 26.5. The van der Waals surface area contributed by atoms with Crippen LogP contribution in [0.3, 0.4) is 0 Å². The molecule has 284 valence electrons. The third kappa shape index (κ3) is 4.82. The molecule has 1 spiro atoms. The maximum Gasteiger partial charge on any atom is 0.252 e. The van der Waals surface area contributed by atoms with Crippen LogP contribution in [0.4, 0.5) is 34.1 Å². The molecule has 5 aromatic rings. The Kier molecular flexibility index (Phi) is 7.02. The lowest BCUT2D eigenvalue weighted by molar-refractivity contribution is -0.116. The van der Waals surface area contributed by atoms with Gasteiger partial charge in [-0.05, 0) is 204 Å². The monoisotopic (exact) mass is 734 g/mol.